The molecule has 0 fully saturated rings. The molecule has 8 heteroatoms. The smallest absolute Gasteiger partial charge is 0.325 e. The minimum absolute atomic E-state index is 0.236. The largest absolute Gasteiger partial charge is 0.480 e. The molecule has 3 atom stereocenters. The Morgan fingerprint density at radius 3 is 2.43 bits per heavy atom. The van der Waals surface area contributed by atoms with Crippen LogP contribution in [0, 0.1) is 0 Å². The predicted molar refractivity (Wildman–Crippen MR) is 115 cm³/mol. The molecule has 0 aliphatic carbocycles. The van der Waals surface area contributed by atoms with E-state index < -0.39 is 36.0 Å². The minimum atomic E-state index is -1.12. The molecule has 162 valence electrons. The Hall–Kier alpha value is -2.71. The highest BCUT2D eigenvalue weighted by molar-refractivity contribution is 7.09. The van der Waals surface area contributed by atoms with Crippen molar-refractivity contribution in [2.45, 2.75) is 51.2 Å². The normalized spacial score (nSPS) is 13.8. The lowest BCUT2D eigenvalue weighted by molar-refractivity contribution is -0.146. The van der Waals surface area contributed by atoms with Crippen molar-refractivity contribution in [1.82, 2.24) is 10.6 Å². The molecular formula is C22H28N2O5S. The number of hydrogen-bond donors (Lipinski definition) is 3. The standard InChI is InChI=1S/C22H28N2O5S/c1-3-29-22(28)18(12-11-16-8-5-4-6-9-16)24-19(14-17-10-7-13-30-17)20(25)23-15(2)21(26)27/h4-10,13,15,18-19,24H,3,11-12,14H2,1-2H3,(H,23,25)(H,26,27)/t15-,18?,19-/m0/s1. The fourth-order valence-electron chi connectivity index (χ4n) is 2.94. The molecule has 3 N–H and O–H groups in total. The van der Waals surface area contributed by atoms with Crippen LogP contribution in [0.3, 0.4) is 0 Å². The van der Waals surface area contributed by atoms with Crippen LogP contribution in [-0.2, 0) is 32.0 Å². The number of hydrogen-bond acceptors (Lipinski definition) is 6. The van der Waals surface area contributed by atoms with Gasteiger partial charge < -0.3 is 15.2 Å². The number of ether oxygens (including phenoxy) is 1. The summed E-state index contributed by atoms with van der Waals surface area (Å²) in [6.45, 7) is 3.37. The Morgan fingerprint density at radius 1 is 1.10 bits per heavy atom. The fraction of sp³-hybridized carbons (Fsp3) is 0.409. The number of amides is 1. The average Bonchev–Trinajstić information content (AvgIpc) is 3.24. The number of benzene rings is 1. The molecule has 2 aromatic rings. The van der Waals surface area contributed by atoms with Crippen LogP contribution in [0.1, 0.15) is 30.7 Å². The van der Waals surface area contributed by atoms with Crippen molar-refractivity contribution in [1.29, 1.82) is 0 Å². The zero-order chi connectivity index (χ0) is 21.9. The summed E-state index contributed by atoms with van der Waals surface area (Å²) in [6, 6.07) is 11.0. The SMILES string of the molecule is CCOC(=O)C(CCc1ccccc1)N[C@@H](Cc1cccs1)C(=O)N[C@@H](C)C(=O)O. The molecule has 0 radical (unpaired) electrons. The van der Waals surface area contributed by atoms with Crippen LogP contribution in [0.15, 0.2) is 47.8 Å². The molecule has 1 unspecified atom stereocenters. The van der Waals surface area contributed by atoms with Crippen LogP contribution >= 0.6 is 11.3 Å². The van der Waals surface area contributed by atoms with E-state index in [-0.39, 0.29) is 6.61 Å². The van der Waals surface area contributed by atoms with E-state index in [4.69, 9.17) is 9.84 Å². The van der Waals surface area contributed by atoms with E-state index in [1.54, 1.807) is 6.92 Å². The number of esters is 1. The Bertz CT molecular complexity index is 810. The van der Waals surface area contributed by atoms with E-state index in [0.717, 1.165) is 10.4 Å². The van der Waals surface area contributed by atoms with Gasteiger partial charge in [0.2, 0.25) is 5.91 Å². The predicted octanol–water partition coefficient (Wildman–Crippen LogP) is 2.40. The van der Waals surface area contributed by atoms with Gasteiger partial charge in [-0.05, 0) is 43.7 Å². The van der Waals surface area contributed by atoms with Crippen molar-refractivity contribution >= 4 is 29.2 Å². The highest BCUT2D eigenvalue weighted by Gasteiger charge is 2.29. The van der Waals surface area contributed by atoms with Crippen molar-refractivity contribution in [2.75, 3.05) is 6.61 Å². The van der Waals surface area contributed by atoms with Gasteiger partial charge >= 0.3 is 11.9 Å². The van der Waals surface area contributed by atoms with E-state index in [1.165, 1.54) is 18.3 Å². The number of aryl methyl sites for hydroxylation is 1. The van der Waals surface area contributed by atoms with Crippen molar-refractivity contribution in [3.63, 3.8) is 0 Å². The highest BCUT2D eigenvalue weighted by Crippen LogP contribution is 2.14. The summed E-state index contributed by atoms with van der Waals surface area (Å²) in [6.07, 6.45) is 1.43. The van der Waals surface area contributed by atoms with Crippen molar-refractivity contribution in [2.24, 2.45) is 0 Å². The first-order chi connectivity index (χ1) is 14.4. The molecule has 0 saturated heterocycles. The van der Waals surface area contributed by atoms with E-state index in [9.17, 15) is 14.4 Å². The quantitative estimate of drug-likeness (QED) is 0.445. The van der Waals surface area contributed by atoms with Gasteiger partial charge in [0, 0.05) is 11.3 Å². The van der Waals surface area contributed by atoms with Gasteiger partial charge in [0.1, 0.15) is 12.1 Å². The van der Waals surface area contributed by atoms with E-state index >= 15 is 0 Å². The highest BCUT2D eigenvalue weighted by atomic mass is 32.1. The zero-order valence-electron chi connectivity index (χ0n) is 17.2. The minimum Gasteiger partial charge on any atom is -0.480 e. The molecule has 30 heavy (non-hydrogen) atoms. The Kier molecular flexibility index (Phi) is 9.50. The lowest BCUT2D eigenvalue weighted by Gasteiger charge is -2.25. The lowest BCUT2D eigenvalue weighted by Crippen LogP contribution is -2.54. The second-order valence-electron chi connectivity index (χ2n) is 6.90. The Labute approximate surface area is 180 Å². The Morgan fingerprint density at radius 2 is 1.83 bits per heavy atom. The summed E-state index contributed by atoms with van der Waals surface area (Å²) < 4.78 is 5.20. The number of rotatable bonds is 12. The molecule has 1 amide bonds. The fourth-order valence-corrected chi connectivity index (χ4v) is 3.70. The maximum absolute atomic E-state index is 12.8. The summed E-state index contributed by atoms with van der Waals surface area (Å²) in [7, 11) is 0. The summed E-state index contributed by atoms with van der Waals surface area (Å²) in [4.78, 5) is 37.4. The molecular weight excluding hydrogens is 404 g/mol. The summed E-state index contributed by atoms with van der Waals surface area (Å²) >= 11 is 1.50. The van der Waals surface area contributed by atoms with Gasteiger partial charge in [0.25, 0.3) is 0 Å². The number of carboxylic acids is 1. The molecule has 0 spiro atoms. The second kappa shape index (κ2) is 12.1. The van der Waals surface area contributed by atoms with E-state index in [2.05, 4.69) is 10.6 Å². The molecule has 1 heterocycles. The van der Waals surface area contributed by atoms with E-state index in [0.29, 0.717) is 19.3 Å². The summed E-state index contributed by atoms with van der Waals surface area (Å²) in [5, 5.41) is 16.6. The maximum atomic E-state index is 12.8. The monoisotopic (exact) mass is 432 g/mol. The molecule has 7 nitrogen and oxygen atoms in total. The molecule has 2 rings (SSSR count). The molecule has 0 saturated carbocycles. The number of nitrogens with one attached hydrogen (secondary N) is 2. The topological polar surface area (TPSA) is 105 Å². The number of thiophene rings is 1. The first-order valence-electron chi connectivity index (χ1n) is 9.92. The van der Waals surface area contributed by atoms with Crippen LogP contribution in [0.25, 0.3) is 0 Å². The molecule has 0 aliphatic heterocycles. The Balaban J connectivity index is 2.15. The molecule has 0 aliphatic rings. The van der Waals surface area contributed by atoms with Gasteiger partial charge in [-0.25, -0.2) is 0 Å². The summed E-state index contributed by atoms with van der Waals surface area (Å²) in [5.74, 6) is -2.01. The van der Waals surface area contributed by atoms with Gasteiger partial charge in [0.05, 0.1) is 12.6 Å². The van der Waals surface area contributed by atoms with Crippen LogP contribution in [-0.4, -0.2) is 47.7 Å². The van der Waals surface area contributed by atoms with Gasteiger partial charge in [-0.3, -0.25) is 19.7 Å². The number of carbonyl (C=O) groups is 3. The average molecular weight is 433 g/mol. The molecule has 1 aromatic heterocycles. The third kappa shape index (κ3) is 7.61. The van der Waals surface area contributed by atoms with Gasteiger partial charge in [-0.15, -0.1) is 11.3 Å². The van der Waals surface area contributed by atoms with Crippen LogP contribution in [0.4, 0.5) is 0 Å². The van der Waals surface area contributed by atoms with Crippen LogP contribution in [0.5, 0.6) is 0 Å². The second-order valence-corrected chi connectivity index (χ2v) is 7.93. The van der Waals surface area contributed by atoms with Crippen molar-refractivity contribution in [3.05, 3.63) is 58.3 Å². The van der Waals surface area contributed by atoms with Crippen molar-refractivity contribution in [3.8, 4) is 0 Å². The van der Waals surface area contributed by atoms with Gasteiger partial charge in [-0.1, -0.05) is 36.4 Å². The summed E-state index contributed by atoms with van der Waals surface area (Å²) in [5.41, 5.74) is 1.08. The van der Waals surface area contributed by atoms with Gasteiger partial charge in [0.15, 0.2) is 0 Å². The van der Waals surface area contributed by atoms with Crippen molar-refractivity contribution < 1.29 is 24.2 Å². The number of carboxylic acid groups (broad SMARTS) is 1. The van der Waals surface area contributed by atoms with Gasteiger partial charge in [-0.2, -0.15) is 0 Å². The van der Waals surface area contributed by atoms with Crippen LogP contribution < -0.4 is 10.6 Å². The van der Waals surface area contributed by atoms with E-state index in [1.807, 2.05) is 47.8 Å². The number of carbonyl (C=O) groups excluding carboxylic acids is 2. The third-order valence-electron chi connectivity index (χ3n) is 4.57. The first kappa shape index (κ1) is 23.6. The third-order valence-corrected chi connectivity index (χ3v) is 5.47. The maximum Gasteiger partial charge on any atom is 0.325 e. The lowest BCUT2D eigenvalue weighted by atomic mass is 10.0. The first-order valence-corrected chi connectivity index (χ1v) is 10.8. The molecule has 0 bridgehead atoms. The van der Waals surface area contributed by atoms with Crippen LogP contribution in [0.2, 0.25) is 0 Å². The number of aliphatic carboxylic acids is 1. The molecule has 1 aromatic carbocycles. The zero-order valence-corrected chi connectivity index (χ0v) is 18.0.